The van der Waals surface area contributed by atoms with Crippen molar-refractivity contribution in [2.45, 2.75) is 30.7 Å². The fourth-order valence-corrected chi connectivity index (χ4v) is 5.82. The SMILES string of the molecule is C[C@H](C(=O)N1CCN(c2ccc(S)cc2)CC1)N1CCCc2cc(Cl)ccc21.N=C(N)SC(=N)c1ccccc1.O.O.[HH].[HH]. The highest BCUT2D eigenvalue weighted by atomic mass is 35.5. The van der Waals surface area contributed by atoms with Gasteiger partial charge in [0.15, 0.2) is 5.17 Å². The second-order valence-electron chi connectivity index (χ2n) is 9.74. The number of nitrogens with one attached hydrogen (secondary N) is 2. The number of hydrogen-bond acceptors (Lipinski definition) is 7. The smallest absolute Gasteiger partial charge is 0.245 e. The van der Waals surface area contributed by atoms with E-state index in [1.807, 2.05) is 66.4 Å². The highest BCUT2D eigenvalue weighted by Gasteiger charge is 2.31. The lowest BCUT2D eigenvalue weighted by Crippen LogP contribution is -2.55. The number of benzene rings is 3. The first kappa shape index (κ1) is 35.0. The Morgan fingerprint density at radius 3 is 2.24 bits per heavy atom. The molecule has 5 rings (SSSR count). The van der Waals surface area contributed by atoms with E-state index in [2.05, 4.69) is 40.6 Å². The van der Waals surface area contributed by atoms with Crippen molar-refractivity contribution in [3.8, 4) is 0 Å². The maximum Gasteiger partial charge on any atom is 0.245 e. The number of thioether (sulfide) groups is 1. The van der Waals surface area contributed by atoms with Crippen LogP contribution in [0.5, 0.6) is 0 Å². The minimum Gasteiger partial charge on any atom is -0.412 e. The van der Waals surface area contributed by atoms with Crippen LogP contribution in [0.2, 0.25) is 5.02 Å². The van der Waals surface area contributed by atoms with Gasteiger partial charge in [-0.2, -0.15) is 0 Å². The third kappa shape index (κ3) is 9.14. The lowest BCUT2D eigenvalue weighted by molar-refractivity contribution is -0.132. The molecule has 9 nitrogen and oxygen atoms in total. The number of piperazine rings is 1. The molecular weight excluding hydrogens is 592 g/mol. The first-order chi connectivity index (χ1) is 19.2. The summed E-state index contributed by atoms with van der Waals surface area (Å²) in [5.41, 5.74) is 9.52. The summed E-state index contributed by atoms with van der Waals surface area (Å²) >= 11 is 11.5. The van der Waals surface area contributed by atoms with E-state index < -0.39 is 0 Å². The quantitative estimate of drug-likeness (QED) is 0.187. The summed E-state index contributed by atoms with van der Waals surface area (Å²) in [4.78, 5) is 20.7. The van der Waals surface area contributed by atoms with Crippen LogP contribution in [0.25, 0.3) is 0 Å². The minimum atomic E-state index is -0.157. The number of amidine groups is 1. The van der Waals surface area contributed by atoms with Crippen molar-refractivity contribution < 1.29 is 18.6 Å². The van der Waals surface area contributed by atoms with Crippen molar-refractivity contribution in [1.29, 1.82) is 10.8 Å². The van der Waals surface area contributed by atoms with Crippen LogP contribution in [0.1, 0.15) is 27.3 Å². The second kappa shape index (κ2) is 16.4. The number of halogens is 1. The Morgan fingerprint density at radius 1 is 0.976 bits per heavy atom. The van der Waals surface area contributed by atoms with Crippen molar-refractivity contribution in [2.24, 2.45) is 5.73 Å². The van der Waals surface area contributed by atoms with Gasteiger partial charge < -0.3 is 31.4 Å². The summed E-state index contributed by atoms with van der Waals surface area (Å²) in [5, 5.41) is 15.5. The molecule has 1 atom stereocenters. The van der Waals surface area contributed by atoms with Crippen molar-refractivity contribution in [2.75, 3.05) is 42.5 Å². The van der Waals surface area contributed by atoms with Gasteiger partial charge in [-0.05, 0) is 79.6 Å². The minimum absolute atomic E-state index is 0. The lowest BCUT2D eigenvalue weighted by atomic mass is 10.00. The average Bonchev–Trinajstić information content (AvgIpc) is 2.97. The van der Waals surface area contributed by atoms with Gasteiger partial charge in [0.25, 0.3) is 0 Å². The molecule has 2 heterocycles. The number of thiol groups is 1. The average molecular weight is 635 g/mol. The van der Waals surface area contributed by atoms with Crippen molar-refractivity contribution >= 4 is 63.5 Å². The Kier molecular flexibility index (Phi) is 13.7. The molecule has 1 amide bonds. The molecule has 230 valence electrons. The van der Waals surface area contributed by atoms with Gasteiger partial charge in [0.05, 0.1) is 0 Å². The molecule has 0 bridgehead atoms. The molecule has 1 fully saturated rings. The van der Waals surface area contributed by atoms with Gasteiger partial charge in [0.2, 0.25) is 5.91 Å². The number of nitrogens with two attached hydrogens (primary N) is 1. The van der Waals surface area contributed by atoms with E-state index in [4.69, 9.17) is 28.2 Å². The van der Waals surface area contributed by atoms with E-state index in [1.165, 1.54) is 11.3 Å². The first-order valence-electron chi connectivity index (χ1n) is 13.3. The summed E-state index contributed by atoms with van der Waals surface area (Å²) in [6.07, 6.45) is 2.08. The molecule has 0 radical (unpaired) electrons. The lowest BCUT2D eigenvalue weighted by Gasteiger charge is -2.41. The fourth-order valence-electron chi connectivity index (χ4n) is 5.00. The van der Waals surface area contributed by atoms with Crippen LogP contribution >= 0.6 is 36.0 Å². The van der Waals surface area contributed by atoms with Crippen LogP contribution in [0.3, 0.4) is 0 Å². The molecule has 0 saturated carbocycles. The number of carbonyl (C=O) groups excluding carboxylic acids is 1. The molecule has 3 aromatic carbocycles. The summed E-state index contributed by atoms with van der Waals surface area (Å²) in [6, 6.07) is 23.3. The van der Waals surface area contributed by atoms with Gasteiger partial charge in [0, 0.05) is 62.4 Å². The van der Waals surface area contributed by atoms with Gasteiger partial charge in [0.1, 0.15) is 11.1 Å². The third-order valence-corrected chi connectivity index (χ3v) is 8.27. The van der Waals surface area contributed by atoms with Crippen molar-refractivity contribution in [3.63, 3.8) is 0 Å². The highest BCUT2D eigenvalue weighted by molar-refractivity contribution is 8.26. The van der Waals surface area contributed by atoms with Gasteiger partial charge in [-0.1, -0.05) is 41.9 Å². The number of rotatable bonds is 4. The number of aryl methyl sites for hydroxylation is 1. The Bertz CT molecular complexity index is 1350. The fraction of sp³-hybridized carbons (Fsp3) is 0.300. The zero-order valence-electron chi connectivity index (χ0n) is 23.5. The van der Waals surface area contributed by atoms with Gasteiger partial charge >= 0.3 is 0 Å². The molecule has 8 N–H and O–H groups in total. The number of carbonyl (C=O) groups is 1. The summed E-state index contributed by atoms with van der Waals surface area (Å²) < 4.78 is 0. The summed E-state index contributed by atoms with van der Waals surface area (Å²) in [6.45, 7) is 6.18. The Labute approximate surface area is 265 Å². The molecule has 0 spiro atoms. The summed E-state index contributed by atoms with van der Waals surface area (Å²) in [7, 11) is 0. The number of nitrogens with zero attached hydrogens (tertiary/aromatic N) is 3. The van der Waals surface area contributed by atoms with Gasteiger partial charge in [-0.25, -0.2) is 0 Å². The van der Waals surface area contributed by atoms with Gasteiger partial charge in [-0.15, -0.1) is 12.6 Å². The predicted octanol–water partition coefficient (Wildman–Crippen LogP) is 4.60. The second-order valence-corrected chi connectivity index (χ2v) is 11.7. The number of fused-ring (bicyclic) bond motifs is 1. The Balaban J connectivity index is 0.000000994. The number of anilines is 2. The zero-order chi connectivity index (χ0) is 28.6. The van der Waals surface area contributed by atoms with Gasteiger partial charge in [-0.3, -0.25) is 15.6 Å². The standard InChI is InChI=1S/C22H26ClN3OS.C8H9N3S.2H2O.2H2/c1-16(26-10-2-3-17-15-18(23)4-9-21(17)26)22(27)25-13-11-24(12-14-25)19-5-7-20(28)8-6-19;9-7(12-8(10)11)6-4-2-1-3-5-6;;;;/h4-9,15-16,28H,2-3,10-14H2,1H3;1-5,9H,(H3,10,11);2*1H2;2*1H/t16-;;;;;/m1...../s1. The van der Waals surface area contributed by atoms with Crippen LogP contribution in [0.4, 0.5) is 11.4 Å². The van der Waals surface area contributed by atoms with Crippen LogP contribution in [-0.4, -0.2) is 70.7 Å². The molecule has 2 aliphatic rings. The normalized spacial score (nSPS) is 14.7. The van der Waals surface area contributed by atoms with E-state index in [-0.39, 0.29) is 30.9 Å². The highest BCUT2D eigenvalue weighted by Crippen LogP contribution is 2.31. The van der Waals surface area contributed by atoms with Crippen LogP contribution < -0.4 is 15.5 Å². The monoisotopic (exact) mass is 634 g/mol. The molecule has 42 heavy (non-hydrogen) atoms. The maximum absolute atomic E-state index is 13.2. The third-order valence-electron chi connectivity index (χ3n) is 7.08. The molecule has 2 aliphatic heterocycles. The molecule has 0 aliphatic carbocycles. The van der Waals surface area contributed by atoms with E-state index in [0.29, 0.717) is 5.04 Å². The topological polar surface area (TPSA) is 164 Å². The molecule has 0 aromatic heterocycles. The molecule has 0 unspecified atom stereocenters. The number of amides is 1. The molecule has 3 aromatic rings. The van der Waals surface area contributed by atoms with E-state index in [9.17, 15) is 4.79 Å². The Morgan fingerprint density at radius 2 is 1.62 bits per heavy atom. The van der Waals surface area contributed by atoms with E-state index in [1.54, 1.807) is 0 Å². The molecular formula is C30H43ClN6O3S2. The largest absolute Gasteiger partial charge is 0.412 e. The summed E-state index contributed by atoms with van der Waals surface area (Å²) in [5.74, 6) is 0.216. The van der Waals surface area contributed by atoms with Crippen LogP contribution in [-0.2, 0) is 11.2 Å². The Hall–Kier alpha value is -3.22. The zero-order valence-corrected chi connectivity index (χ0v) is 26.0. The molecule has 12 heteroatoms. The van der Waals surface area contributed by atoms with E-state index >= 15 is 0 Å². The van der Waals surface area contributed by atoms with E-state index in [0.717, 1.165) is 78.5 Å². The first-order valence-corrected chi connectivity index (χ1v) is 14.9. The van der Waals surface area contributed by atoms with Crippen LogP contribution in [0, 0.1) is 10.8 Å². The van der Waals surface area contributed by atoms with Crippen molar-refractivity contribution in [1.82, 2.24) is 4.90 Å². The van der Waals surface area contributed by atoms with Crippen LogP contribution in [0.15, 0.2) is 77.7 Å². The molecule has 1 saturated heterocycles. The maximum atomic E-state index is 13.2. The predicted molar refractivity (Wildman–Crippen MR) is 183 cm³/mol. The van der Waals surface area contributed by atoms with Crippen molar-refractivity contribution in [3.05, 3.63) is 88.9 Å². The number of hydrogen-bond donors (Lipinski definition) is 4.